The fourth-order valence-electron chi connectivity index (χ4n) is 2.65. The third-order valence-electron chi connectivity index (χ3n) is 4.13. The van der Waals surface area contributed by atoms with Gasteiger partial charge in [-0.15, -0.1) is 0 Å². The zero-order valence-electron chi connectivity index (χ0n) is 11.7. The normalized spacial score (nSPS) is 16.2. The van der Waals surface area contributed by atoms with Crippen molar-refractivity contribution in [3.05, 3.63) is 30.9 Å². The van der Waals surface area contributed by atoms with E-state index in [1.165, 1.54) is 12.8 Å². The summed E-state index contributed by atoms with van der Waals surface area (Å²) in [7, 11) is 1.76. The van der Waals surface area contributed by atoms with E-state index in [4.69, 9.17) is 10.5 Å². The lowest BCUT2D eigenvalue weighted by Gasteiger charge is -2.17. The second-order valence-corrected chi connectivity index (χ2v) is 5.59. The molecule has 0 spiro atoms. The summed E-state index contributed by atoms with van der Waals surface area (Å²) in [5, 5.41) is 0. The summed E-state index contributed by atoms with van der Waals surface area (Å²) >= 11 is 0. The van der Waals surface area contributed by atoms with E-state index in [0.717, 1.165) is 30.8 Å². The van der Waals surface area contributed by atoms with Crippen molar-refractivity contribution in [3.8, 4) is 11.3 Å². The van der Waals surface area contributed by atoms with Crippen LogP contribution in [0.15, 0.2) is 30.9 Å². The van der Waals surface area contributed by atoms with Crippen LogP contribution in [-0.2, 0) is 11.3 Å². The van der Waals surface area contributed by atoms with Crippen LogP contribution in [0.2, 0.25) is 0 Å². The summed E-state index contributed by atoms with van der Waals surface area (Å²) < 4.78 is 7.41. The van der Waals surface area contributed by atoms with Crippen molar-refractivity contribution in [3.63, 3.8) is 0 Å². The van der Waals surface area contributed by atoms with Gasteiger partial charge in [0.05, 0.1) is 18.2 Å². The first kappa shape index (κ1) is 13.1. The van der Waals surface area contributed by atoms with Gasteiger partial charge in [-0.3, -0.25) is 0 Å². The van der Waals surface area contributed by atoms with Crippen molar-refractivity contribution in [2.45, 2.75) is 25.8 Å². The Morgan fingerprint density at radius 1 is 1.45 bits per heavy atom. The monoisotopic (exact) mass is 272 g/mol. The van der Waals surface area contributed by atoms with Gasteiger partial charge in [0.25, 0.3) is 0 Å². The third-order valence-corrected chi connectivity index (χ3v) is 4.13. The maximum atomic E-state index is 5.97. The van der Waals surface area contributed by atoms with Crippen LogP contribution in [0.5, 0.6) is 0 Å². The molecule has 0 aliphatic heterocycles. The highest BCUT2D eigenvalue weighted by atomic mass is 16.5. The zero-order chi connectivity index (χ0) is 14.0. The van der Waals surface area contributed by atoms with Crippen LogP contribution in [0.3, 0.4) is 0 Å². The Kier molecular flexibility index (Phi) is 3.44. The van der Waals surface area contributed by atoms with Crippen LogP contribution in [0, 0.1) is 5.41 Å². The number of nitrogens with zero attached hydrogens (tertiary/aromatic N) is 3. The van der Waals surface area contributed by atoms with Gasteiger partial charge in [-0.25, -0.2) is 9.97 Å². The molecule has 2 N–H and O–H groups in total. The van der Waals surface area contributed by atoms with Crippen molar-refractivity contribution >= 4 is 5.82 Å². The van der Waals surface area contributed by atoms with Gasteiger partial charge in [0.1, 0.15) is 5.82 Å². The molecule has 106 valence electrons. The average Bonchev–Trinajstić information content (AvgIpc) is 3.07. The largest absolute Gasteiger partial charge is 0.385 e. The van der Waals surface area contributed by atoms with Crippen molar-refractivity contribution in [2.75, 3.05) is 19.5 Å². The maximum Gasteiger partial charge on any atom is 0.132 e. The molecule has 0 radical (unpaired) electrons. The molecule has 0 aromatic carbocycles. The number of nitrogens with two attached hydrogens (primary N) is 1. The summed E-state index contributed by atoms with van der Waals surface area (Å²) in [6.07, 6.45) is 9.07. The lowest BCUT2D eigenvalue weighted by atomic mass is 10.0. The zero-order valence-corrected chi connectivity index (χ0v) is 11.7. The number of hydrogen-bond donors (Lipinski definition) is 1. The van der Waals surface area contributed by atoms with Gasteiger partial charge in [0.15, 0.2) is 0 Å². The second-order valence-electron chi connectivity index (χ2n) is 5.59. The Morgan fingerprint density at radius 3 is 3.00 bits per heavy atom. The van der Waals surface area contributed by atoms with Gasteiger partial charge < -0.3 is 15.0 Å². The number of imidazole rings is 1. The van der Waals surface area contributed by atoms with Crippen LogP contribution in [-0.4, -0.2) is 28.3 Å². The van der Waals surface area contributed by atoms with Crippen molar-refractivity contribution in [1.82, 2.24) is 14.5 Å². The van der Waals surface area contributed by atoms with Gasteiger partial charge in [-0.2, -0.15) is 0 Å². The number of methoxy groups -OCH3 is 1. The van der Waals surface area contributed by atoms with E-state index in [0.29, 0.717) is 11.2 Å². The van der Waals surface area contributed by atoms with Crippen LogP contribution in [0.1, 0.15) is 19.3 Å². The number of rotatable bonds is 6. The van der Waals surface area contributed by atoms with E-state index < -0.39 is 0 Å². The van der Waals surface area contributed by atoms with Gasteiger partial charge in [-0.1, -0.05) is 0 Å². The highest BCUT2D eigenvalue weighted by Gasteiger charge is 2.42. The molecule has 2 heterocycles. The Labute approximate surface area is 118 Å². The van der Waals surface area contributed by atoms with E-state index in [9.17, 15) is 0 Å². The number of aromatic nitrogens is 3. The Morgan fingerprint density at radius 2 is 2.30 bits per heavy atom. The van der Waals surface area contributed by atoms with Crippen LogP contribution in [0.25, 0.3) is 11.3 Å². The van der Waals surface area contributed by atoms with E-state index in [-0.39, 0.29) is 0 Å². The molecule has 0 bridgehead atoms. The molecule has 1 aliphatic rings. The molecule has 0 amide bonds. The van der Waals surface area contributed by atoms with Gasteiger partial charge >= 0.3 is 0 Å². The summed E-state index contributed by atoms with van der Waals surface area (Å²) in [6.45, 7) is 1.79. The quantitative estimate of drug-likeness (QED) is 0.876. The molecule has 3 rings (SSSR count). The summed E-state index contributed by atoms with van der Waals surface area (Å²) in [5.74, 6) is 0.552. The van der Waals surface area contributed by atoms with Crippen LogP contribution < -0.4 is 5.73 Å². The van der Waals surface area contributed by atoms with E-state index >= 15 is 0 Å². The van der Waals surface area contributed by atoms with Gasteiger partial charge in [0, 0.05) is 32.0 Å². The van der Waals surface area contributed by atoms with Crippen LogP contribution in [0.4, 0.5) is 5.82 Å². The van der Waals surface area contributed by atoms with E-state index in [1.54, 1.807) is 13.3 Å². The number of nitrogen functional groups attached to an aromatic ring is 1. The molecule has 5 heteroatoms. The van der Waals surface area contributed by atoms with Gasteiger partial charge in [0.2, 0.25) is 0 Å². The average molecular weight is 272 g/mol. The number of pyridine rings is 1. The highest BCUT2D eigenvalue weighted by molar-refractivity contribution is 5.70. The molecule has 0 unspecified atom stereocenters. The molecule has 5 nitrogen and oxygen atoms in total. The minimum absolute atomic E-state index is 0.377. The molecule has 0 saturated heterocycles. The Hall–Kier alpha value is -1.88. The Bertz CT molecular complexity index is 589. The summed E-state index contributed by atoms with van der Waals surface area (Å²) in [4.78, 5) is 8.43. The molecule has 1 aliphatic carbocycles. The summed E-state index contributed by atoms with van der Waals surface area (Å²) in [6, 6.07) is 3.89. The predicted molar refractivity (Wildman–Crippen MR) is 78.0 cm³/mol. The molecule has 2 aromatic rings. The SMILES string of the molecule is COCCC1(Cn2cncc2-c2cccnc2N)CC1. The molecule has 2 aromatic heterocycles. The minimum atomic E-state index is 0.377. The fraction of sp³-hybridized carbons (Fsp3) is 0.467. The van der Waals surface area contributed by atoms with Crippen molar-refractivity contribution in [2.24, 2.45) is 5.41 Å². The number of ether oxygens (including phenoxy) is 1. The lowest BCUT2D eigenvalue weighted by molar-refractivity contribution is 0.167. The minimum Gasteiger partial charge on any atom is -0.385 e. The van der Waals surface area contributed by atoms with E-state index in [1.807, 2.05) is 24.7 Å². The predicted octanol–water partition coefficient (Wildman–Crippen LogP) is 2.34. The molecule has 20 heavy (non-hydrogen) atoms. The van der Waals surface area contributed by atoms with Gasteiger partial charge in [-0.05, 0) is 36.8 Å². The molecule has 1 saturated carbocycles. The first-order valence-electron chi connectivity index (χ1n) is 6.94. The van der Waals surface area contributed by atoms with Crippen LogP contribution >= 0.6 is 0 Å². The molecular weight excluding hydrogens is 252 g/mol. The first-order chi connectivity index (χ1) is 9.74. The lowest BCUT2D eigenvalue weighted by Crippen LogP contribution is -2.14. The second kappa shape index (κ2) is 5.25. The summed E-state index contributed by atoms with van der Waals surface area (Å²) in [5.41, 5.74) is 8.34. The highest BCUT2D eigenvalue weighted by Crippen LogP contribution is 2.50. The Balaban J connectivity index is 1.83. The molecular formula is C15H20N4O. The maximum absolute atomic E-state index is 5.97. The topological polar surface area (TPSA) is 66.0 Å². The van der Waals surface area contributed by atoms with E-state index in [2.05, 4.69) is 14.5 Å². The number of hydrogen-bond acceptors (Lipinski definition) is 4. The first-order valence-corrected chi connectivity index (χ1v) is 6.94. The number of anilines is 1. The van der Waals surface area contributed by atoms with Crippen molar-refractivity contribution in [1.29, 1.82) is 0 Å². The molecule has 1 fully saturated rings. The fourth-order valence-corrected chi connectivity index (χ4v) is 2.65. The smallest absolute Gasteiger partial charge is 0.132 e. The van der Waals surface area contributed by atoms with Crippen molar-refractivity contribution < 1.29 is 4.74 Å². The molecule has 0 atom stereocenters. The standard InChI is InChI=1S/C15H20N4O/c1-20-8-6-15(4-5-15)10-19-11-17-9-13(19)12-3-2-7-18-14(12)16/h2-3,7,9,11H,4-6,8,10H2,1H3,(H2,16,18). The third kappa shape index (κ3) is 2.54.